The van der Waals surface area contributed by atoms with Gasteiger partial charge < -0.3 is 10.6 Å². The Morgan fingerprint density at radius 2 is 1.82 bits per heavy atom. The molecule has 22 heavy (non-hydrogen) atoms. The highest BCUT2D eigenvalue weighted by Crippen LogP contribution is 2.13. The van der Waals surface area contributed by atoms with Gasteiger partial charge in [-0.3, -0.25) is 4.79 Å². The maximum absolute atomic E-state index is 12.0. The summed E-state index contributed by atoms with van der Waals surface area (Å²) in [6.45, 7) is 5.67. The number of benzene rings is 1. The Hall–Kier alpha value is -2.37. The molecule has 1 aromatic rings. The number of primary sulfonamides is 1. The first-order chi connectivity index (χ1) is 10.0. The van der Waals surface area contributed by atoms with Crippen LogP contribution in [0.1, 0.15) is 20.8 Å². The summed E-state index contributed by atoms with van der Waals surface area (Å²) < 4.78 is 22.3. The summed E-state index contributed by atoms with van der Waals surface area (Å²) in [6.07, 6.45) is 1.34. The standard InChI is InChI=1S/C14H18N4O3S/c1-14(2,3)17-9-10(8-15)13(19)18-11-4-6-12(7-5-11)22(16,20)21/h4-7,9,17H,1-3H3,(H,18,19)(H2,16,20,21)/b10-9-. The van der Waals surface area contributed by atoms with E-state index >= 15 is 0 Å². The molecule has 1 rings (SSSR count). The van der Waals surface area contributed by atoms with E-state index in [0.717, 1.165) is 0 Å². The van der Waals surface area contributed by atoms with Crippen LogP contribution in [0.4, 0.5) is 5.69 Å². The fourth-order valence-electron chi connectivity index (χ4n) is 1.36. The van der Waals surface area contributed by atoms with Crippen molar-refractivity contribution in [2.24, 2.45) is 5.14 Å². The second-order valence-corrected chi connectivity index (χ2v) is 7.15. The highest BCUT2D eigenvalue weighted by Gasteiger charge is 2.13. The minimum atomic E-state index is -3.78. The Balaban J connectivity index is 2.86. The topological polar surface area (TPSA) is 125 Å². The zero-order valence-electron chi connectivity index (χ0n) is 12.5. The monoisotopic (exact) mass is 322 g/mol. The third kappa shape index (κ3) is 5.55. The Morgan fingerprint density at radius 1 is 1.27 bits per heavy atom. The molecular weight excluding hydrogens is 304 g/mol. The number of nitrogens with one attached hydrogen (secondary N) is 2. The molecule has 7 nitrogen and oxygen atoms in total. The lowest BCUT2D eigenvalue weighted by Crippen LogP contribution is -2.32. The van der Waals surface area contributed by atoms with Crippen molar-refractivity contribution in [3.8, 4) is 6.07 Å². The third-order valence-corrected chi connectivity index (χ3v) is 3.38. The summed E-state index contributed by atoms with van der Waals surface area (Å²) in [5, 5.41) is 19.4. The summed E-state index contributed by atoms with van der Waals surface area (Å²) in [6, 6.07) is 7.13. The van der Waals surface area contributed by atoms with Crippen LogP contribution >= 0.6 is 0 Å². The number of sulfonamides is 1. The molecular formula is C14H18N4O3S. The predicted molar refractivity (Wildman–Crippen MR) is 83.0 cm³/mol. The van der Waals surface area contributed by atoms with E-state index in [1.807, 2.05) is 20.8 Å². The number of amides is 1. The number of hydrogen-bond acceptors (Lipinski definition) is 5. The lowest BCUT2D eigenvalue weighted by Gasteiger charge is -2.18. The van der Waals surface area contributed by atoms with Crippen molar-refractivity contribution >= 4 is 21.6 Å². The Morgan fingerprint density at radius 3 is 2.23 bits per heavy atom. The largest absolute Gasteiger partial charge is 0.385 e. The van der Waals surface area contributed by atoms with Gasteiger partial charge in [0.15, 0.2) is 0 Å². The maximum Gasteiger partial charge on any atom is 0.267 e. The minimum absolute atomic E-state index is 0.0593. The van der Waals surface area contributed by atoms with Gasteiger partial charge in [-0.2, -0.15) is 5.26 Å². The Kier molecular flexibility index (Phi) is 5.30. The van der Waals surface area contributed by atoms with Crippen molar-refractivity contribution in [1.82, 2.24) is 5.32 Å². The van der Waals surface area contributed by atoms with E-state index in [4.69, 9.17) is 10.4 Å². The van der Waals surface area contributed by atoms with Gasteiger partial charge in [0.25, 0.3) is 5.91 Å². The smallest absolute Gasteiger partial charge is 0.267 e. The minimum Gasteiger partial charge on any atom is -0.385 e. The van der Waals surface area contributed by atoms with E-state index in [-0.39, 0.29) is 16.0 Å². The van der Waals surface area contributed by atoms with Gasteiger partial charge in [0.2, 0.25) is 10.0 Å². The average molecular weight is 322 g/mol. The van der Waals surface area contributed by atoms with Gasteiger partial charge >= 0.3 is 0 Å². The number of carbonyl (C=O) groups excluding carboxylic acids is 1. The fourth-order valence-corrected chi connectivity index (χ4v) is 1.88. The van der Waals surface area contributed by atoms with Crippen LogP contribution in [-0.2, 0) is 14.8 Å². The first-order valence-corrected chi connectivity index (χ1v) is 7.90. The highest BCUT2D eigenvalue weighted by molar-refractivity contribution is 7.89. The van der Waals surface area contributed by atoms with E-state index < -0.39 is 15.9 Å². The summed E-state index contributed by atoms with van der Waals surface area (Å²) >= 11 is 0. The molecule has 0 unspecified atom stereocenters. The summed E-state index contributed by atoms with van der Waals surface area (Å²) in [5.41, 5.74) is -0.0146. The molecule has 0 saturated heterocycles. The van der Waals surface area contributed by atoms with Crippen LogP contribution in [0.3, 0.4) is 0 Å². The summed E-state index contributed by atoms with van der Waals surface area (Å²) in [7, 11) is -3.78. The van der Waals surface area contributed by atoms with Gasteiger partial charge in [-0.05, 0) is 45.0 Å². The van der Waals surface area contributed by atoms with Gasteiger partial charge in [-0.15, -0.1) is 0 Å². The van der Waals surface area contributed by atoms with E-state index in [0.29, 0.717) is 5.69 Å². The van der Waals surface area contributed by atoms with Crippen molar-refractivity contribution in [2.75, 3.05) is 5.32 Å². The number of rotatable bonds is 4. The molecule has 0 radical (unpaired) electrons. The zero-order chi connectivity index (χ0) is 17.0. The lowest BCUT2D eigenvalue weighted by molar-refractivity contribution is -0.112. The number of anilines is 1. The quantitative estimate of drug-likeness (QED) is 0.565. The van der Waals surface area contributed by atoms with Crippen LogP contribution in [0.25, 0.3) is 0 Å². The van der Waals surface area contributed by atoms with Crippen LogP contribution in [-0.4, -0.2) is 19.9 Å². The Labute approximate surface area is 129 Å². The zero-order valence-corrected chi connectivity index (χ0v) is 13.4. The van der Waals surface area contributed by atoms with Gasteiger partial charge in [-0.25, -0.2) is 13.6 Å². The van der Waals surface area contributed by atoms with E-state index in [2.05, 4.69) is 10.6 Å². The third-order valence-electron chi connectivity index (χ3n) is 2.46. The number of nitrogens with zero attached hydrogens (tertiary/aromatic N) is 1. The second kappa shape index (κ2) is 6.60. The van der Waals surface area contributed by atoms with Gasteiger partial charge in [0, 0.05) is 17.4 Å². The molecule has 0 aliphatic heterocycles. The van der Waals surface area contributed by atoms with Crippen molar-refractivity contribution in [3.63, 3.8) is 0 Å². The van der Waals surface area contributed by atoms with Crippen molar-refractivity contribution in [3.05, 3.63) is 36.0 Å². The molecule has 0 fully saturated rings. The van der Waals surface area contributed by atoms with E-state index in [9.17, 15) is 13.2 Å². The maximum atomic E-state index is 12.0. The Bertz CT molecular complexity index is 723. The summed E-state index contributed by atoms with van der Waals surface area (Å²) in [4.78, 5) is 11.9. The highest BCUT2D eigenvalue weighted by atomic mass is 32.2. The molecule has 0 saturated carbocycles. The first-order valence-electron chi connectivity index (χ1n) is 6.35. The number of nitrogens with two attached hydrogens (primary N) is 1. The van der Waals surface area contributed by atoms with Crippen LogP contribution in [0, 0.1) is 11.3 Å². The molecule has 1 aromatic carbocycles. The SMILES string of the molecule is CC(C)(C)N/C=C(/C#N)C(=O)Nc1ccc(S(N)(=O)=O)cc1. The molecule has 0 aromatic heterocycles. The van der Waals surface area contributed by atoms with E-state index in [1.165, 1.54) is 30.5 Å². The van der Waals surface area contributed by atoms with Crippen molar-refractivity contribution in [1.29, 1.82) is 5.26 Å². The molecule has 4 N–H and O–H groups in total. The van der Waals surface area contributed by atoms with E-state index in [1.54, 1.807) is 6.07 Å². The first kappa shape index (κ1) is 17.7. The molecule has 1 amide bonds. The lowest BCUT2D eigenvalue weighted by atomic mass is 10.1. The molecule has 118 valence electrons. The van der Waals surface area contributed by atoms with Gasteiger partial charge in [0.05, 0.1) is 4.90 Å². The number of nitriles is 1. The molecule has 0 aliphatic carbocycles. The van der Waals surface area contributed by atoms with Crippen LogP contribution in [0.2, 0.25) is 0 Å². The van der Waals surface area contributed by atoms with Crippen LogP contribution in [0.5, 0.6) is 0 Å². The molecule has 0 heterocycles. The number of carbonyl (C=O) groups is 1. The van der Waals surface area contributed by atoms with Crippen LogP contribution in [0.15, 0.2) is 40.9 Å². The fraction of sp³-hybridized carbons (Fsp3) is 0.286. The average Bonchev–Trinajstić information content (AvgIpc) is 2.37. The predicted octanol–water partition coefficient (Wildman–Crippen LogP) is 1.07. The molecule has 0 spiro atoms. The second-order valence-electron chi connectivity index (χ2n) is 5.59. The molecule has 0 aliphatic rings. The molecule has 0 atom stereocenters. The summed E-state index contributed by atoms with van der Waals surface area (Å²) in [5.74, 6) is -0.595. The van der Waals surface area contributed by atoms with Gasteiger partial charge in [-0.1, -0.05) is 0 Å². The van der Waals surface area contributed by atoms with Crippen LogP contribution < -0.4 is 15.8 Å². The van der Waals surface area contributed by atoms with Gasteiger partial charge in [0.1, 0.15) is 11.6 Å². The number of hydrogen-bond donors (Lipinski definition) is 3. The van der Waals surface area contributed by atoms with Crippen molar-refractivity contribution in [2.45, 2.75) is 31.2 Å². The molecule has 8 heteroatoms. The van der Waals surface area contributed by atoms with Crippen molar-refractivity contribution < 1.29 is 13.2 Å². The normalized spacial score (nSPS) is 12.4. The molecule has 0 bridgehead atoms.